The van der Waals surface area contributed by atoms with Crippen LogP contribution in [-0.4, -0.2) is 11.7 Å². The fraction of sp³-hybridized carbons (Fsp3) is 0.176. The molecule has 1 aliphatic rings. The molecule has 5 nitrogen and oxygen atoms in total. The van der Waals surface area contributed by atoms with Crippen LogP contribution in [0.1, 0.15) is 40.6 Å². The number of hydrogen-bond donors (Lipinski definition) is 3. The highest BCUT2D eigenvalue weighted by atomic mass is 32.1. The number of carbonyl (C=O) groups excluding carboxylic acids is 2. The standard InChI is InChI=1S/C17H17N3O2S/c1-8-11(9(2)21)12(10-6-4-3-5-7-10)13-14(18)15(16(19)22)23-17(13)20-8/h3-7,12,20H,18H2,1-2H3,(H2,19,22)/t12-/m0/s1. The van der Waals surface area contributed by atoms with E-state index in [0.29, 0.717) is 16.1 Å². The molecule has 0 unspecified atom stereocenters. The summed E-state index contributed by atoms with van der Waals surface area (Å²) in [5, 5.41) is 3.97. The summed E-state index contributed by atoms with van der Waals surface area (Å²) in [6, 6.07) is 9.67. The number of primary amides is 1. The van der Waals surface area contributed by atoms with Crippen molar-refractivity contribution in [1.82, 2.24) is 0 Å². The number of ketones is 1. The normalized spacial score (nSPS) is 16.7. The van der Waals surface area contributed by atoms with Gasteiger partial charge in [-0.05, 0) is 19.4 Å². The van der Waals surface area contributed by atoms with Crippen molar-refractivity contribution in [2.75, 3.05) is 11.1 Å². The van der Waals surface area contributed by atoms with Gasteiger partial charge in [0, 0.05) is 22.8 Å². The topological polar surface area (TPSA) is 98.2 Å². The van der Waals surface area contributed by atoms with E-state index in [2.05, 4.69) is 5.32 Å². The Labute approximate surface area is 138 Å². The predicted octanol–water partition coefficient (Wildman–Crippen LogP) is 2.85. The molecule has 0 radical (unpaired) electrons. The molecule has 1 aromatic heterocycles. The van der Waals surface area contributed by atoms with E-state index in [0.717, 1.165) is 21.8 Å². The third kappa shape index (κ3) is 2.41. The lowest BCUT2D eigenvalue weighted by molar-refractivity contribution is -0.113. The van der Waals surface area contributed by atoms with Gasteiger partial charge in [0.1, 0.15) is 4.88 Å². The van der Waals surface area contributed by atoms with Crippen LogP contribution in [0.4, 0.5) is 10.7 Å². The van der Waals surface area contributed by atoms with Crippen LogP contribution in [0.25, 0.3) is 0 Å². The molecule has 0 saturated heterocycles. The number of carbonyl (C=O) groups is 2. The molecule has 3 rings (SSSR count). The number of nitrogens with one attached hydrogen (secondary N) is 1. The number of nitrogens with two attached hydrogens (primary N) is 2. The molecule has 0 bridgehead atoms. The van der Waals surface area contributed by atoms with Crippen molar-refractivity contribution < 1.29 is 9.59 Å². The highest BCUT2D eigenvalue weighted by Crippen LogP contribution is 2.49. The van der Waals surface area contributed by atoms with Gasteiger partial charge >= 0.3 is 0 Å². The van der Waals surface area contributed by atoms with Crippen molar-refractivity contribution in [3.63, 3.8) is 0 Å². The lowest BCUT2D eigenvalue weighted by atomic mass is 9.80. The van der Waals surface area contributed by atoms with E-state index in [9.17, 15) is 9.59 Å². The van der Waals surface area contributed by atoms with Gasteiger partial charge in [-0.15, -0.1) is 11.3 Å². The van der Waals surface area contributed by atoms with Crippen molar-refractivity contribution in [2.24, 2.45) is 5.73 Å². The molecular weight excluding hydrogens is 310 g/mol. The van der Waals surface area contributed by atoms with Crippen molar-refractivity contribution in [1.29, 1.82) is 0 Å². The number of amides is 1. The molecule has 1 aromatic carbocycles. The van der Waals surface area contributed by atoms with Crippen LogP contribution in [0, 0.1) is 0 Å². The zero-order chi connectivity index (χ0) is 16.7. The van der Waals surface area contributed by atoms with Crippen LogP contribution in [0.3, 0.4) is 0 Å². The van der Waals surface area contributed by atoms with E-state index in [-0.39, 0.29) is 11.7 Å². The maximum absolute atomic E-state index is 12.2. The minimum absolute atomic E-state index is 0.0271. The Morgan fingerprint density at radius 2 is 1.87 bits per heavy atom. The molecule has 1 amide bonds. The highest BCUT2D eigenvalue weighted by Gasteiger charge is 2.35. The monoisotopic (exact) mass is 327 g/mol. The first-order chi connectivity index (χ1) is 10.9. The number of fused-ring (bicyclic) bond motifs is 1. The second-order valence-corrected chi connectivity index (χ2v) is 6.54. The minimum Gasteiger partial charge on any atom is -0.397 e. The average Bonchev–Trinajstić information content (AvgIpc) is 2.83. The Balaban J connectivity index is 2.29. The van der Waals surface area contributed by atoms with E-state index < -0.39 is 5.91 Å². The molecule has 118 valence electrons. The van der Waals surface area contributed by atoms with Crippen LogP contribution >= 0.6 is 11.3 Å². The van der Waals surface area contributed by atoms with Gasteiger partial charge in [0.2, 0.25) is 0 Å². The largest absolute Gasteiger partial charge is 0.397 e. The van der Waals surface area contributed by atoms with Crippen molar-refractivity contribution in [3.8, 4) is 0 Å². The van der Waals surface area contributed by atoms with Gasteiger partial charge in [-0.3, -0.25) is 9.59 Å². The first-order valence-electron chi connectivity index (χ1n) is 7.17. The summed E-state index contributed by atoms with van der Waals surface area (Å²) in [7, 11) is 0. The molecule has 1 aliphatic heterocycles. The molecular formula is C17H17N3O2S. The van der Waals surface area contributed by atoms with E-state index in [1.807, 2.05) is 37.3 Å². The first-order valence-corrected chi connectivity index (χ1v) is 7.99. The Hall–Kier alpha value is -2.60. The lowest BCUT2D eigenvalue weighted by Crippen LogP contribution is -2.21. The van der Waals surface area contributed by atoms with Gasteiger partial charge in [-0.25, -0.2) is 0 Å². The molecule has 0 saturated carbocycles. The first kappa shape index (κ1) is 15.3. The molecule has 1 atom stereocenters. The highest BCUT2D eigenvalue weighted by molar-refractivity contribution is 7.18. The van der Waals surface area contributed by atoms with Gasteiger partial charge in [0.05, 0.1) is 10.7 Å². The number of benzene rings is 1. The number of thiophene rings is 1. The molecule has 0 spiro atoms. The Morgan fingerprint density at radius 3 is 2.43 bits per heavy atom. The van der Waals surface area contributed by atoms with E-state index >= 15 is 0 Å². The van der Waals surface area contributed by atoms with Gasteiger partial charge in [-0.1, -0.05) is 30.3 Å². The molecule has 6 heteroatoms. The second kappa shape index (κ2) is 5.55. The Kier molecular flexibility index (Phi) is 3.69. The van der Waals surface area contributed by atoms with Gasteiger partial charge < -0.3 is 16.8 Å². The molecule has 0 fully saturated rings. The summed E-state index contributed by atoms with van der Waals surface area (Å²) < 4.78 is 0. The molecule has 23 heavy (non-hydrogen) atoms. The fourth-order valence-corrected chi connectivity index (χ4v) is 4.13. The molecule has 0 aliphatic carbocycles. The number of nitrogen functional groups attached to an aromatic ring is 1. The number of allylic oxidation sites excluding steroid dienone is 2. The average molecular weight is 327 g/mol. The quantitative estimate of drug-likeness (QED) is 0.807. The summed E-state index contributed by atoms with van der Waals surface area (Å²) in [5.41, 5.74) is 15.1. The number of hydrogen-bond acceptors (Lipinski definition) is 5. The second-order valence-electron chi connectivity index (χ2n) is 5.52. The molecule has 2 heterocycles. The molecule has 5 N–H and O–H groups in total. The summed E-state index contributed by atoms with van der Waals surface area (Å²) in [6.07, 6.45) is 0. The number of Topliss-reactive ketones (excluding diaryl/α,β-unsaturated/α-hetero) is 1. The van der Waals surface area contributed by atoms with Crippen LogP contribution in [0.5, 0.6) is 0 Å². The third-order valence-electron chi connectivity index (χ3n) is 4.00. The Morgan fingerprint density at radius 1 is 1.22 bits per heavy atom. The number of rotatable bonds is 3. The number of anilines is 2. The van der Waals surface area contributed by atoms with Gasteiger partial charge in [0.15, 0.2) is 5.78 Å². The lowest BCUT2D eigenvalue weighted by Gasteiger charge is -2.28. The van der Waals surface area contributed by atoms with Crippen LogP contribution in [-0.2, 0) is 4.79 Å². The van der Waals surface area contributed by atoms with E-state index in [1.165, 1.54) is 11.3 Å². The minimum atomic E-state index is -0.558. The Bertz CT molecular complexity index is 837. The van der Waals surface area contributed by atoms with Crippen molar-refractivity contribution in [3.05, 3.63) is 57.6 Å². The zero-order valence-corrected chi connectivity index (χ0v) is 13.7. The van der Waals surface area contributed by atoms with Crippen LogP contribution in [0.2, 0.25) is 0 Å². The summed E-state index contributed by atoms with van der Waals surface area (Å²) in [4.78, 5) is 24.2. The van der Waals surface area contributed by atoms with Gasteiger partial charge in [-0.2, -0.15) is 0 Å². The zero-order valence-electron chi connectivity index (χ0n) is 12.8. The van der Waals surface area contributed by atoms with Crippen LogP contribution in [0.15, 0.2) is 41.6 Å². The summed E-state index contributed by atoms with van der Waals surface area (Å²) >= 11 is 1.23. The fourth-order valence-electron chi connectivity index (χ4n) is 3.06. The third-order valence-corrected chi connectivity index (χ3v) is 5.15. The summed E-state index contributed by atoms with van der Waals surface area (Å²) in [5.74, 6) is -0.882. The SMILES string of the molecule is CC(=O)C1=C(C)Nc2sc(C(N)=O)c(N)c2[C@H]1c1ccccc1. The van der Waals surface area contributed by atoms with Crippen molar-refractivity contribution >= 4 is 33.7 Å². The molecule has 2 aromatic rings. The maximum Gasteiger partial charge on any atom is 0.260 e. The van der Waals surface area contributed by atoms with Crippen LogP contribution < -0.4 is 16.8 Å². The smallest absolute Gasteiger partial charge is 0.260 e. The van der Waals surface area contributed by atoms with E-state index in [1.54, 1.807) is 6.92 Å². The van der Waals surface area contributed by atoms with Crippen molar-refractivity contribution in [2.45, 2.75) is 19.8 Å². The predicted molar refractivity (Wildman–Crippen MR) is 92.5 cm³/mol. The maximum atomic E-state index is 12.2. The van der Waals surface area contributed by atoms with Gasteiger partial charge in [0.25, 0.3) is 5.91 Å². The summed E-state index contributed by atoms with van der Waals surface area (Å²) in [6.45, 7) is 3.40. The van der Waals surface area contributed by atoms with E-state index in [4.69, 9.17) is 11.5 Å².